The third-order valence-electron chi connectivity index (χ3n) is 13.9. The number of nitrogens with zero attached hydrogens (tertiary/aromatic N) is 2. The van der Waals surface area contributed by atoms with Crippen molar-refractivity contribution in [2.24, 2.45) is 0 Å². The first-order chi connectivity index (χ1) is 29.0. The van der Waals surface area contributed by atoms with Gasteiger partial charge < -0.3 is 19.0 Å². The van der Waals surface area contributed by atoms with Crippen LogP contribution in [-0.2, 0) is 27.1 Å². The van der Waals surface area contributed by atoms with E-state index in [0.29, 0.717) is 0 Å². The minimum Gasteiger partial charge on any atom is -0.468 e. The van der Waals surface area contributed by atoms with Crippen LogP contribution in [0.1, 0.15) is 130 Å². The van der Waals surface area contributed by atoms with Crippen molar-refractivity contribution in [2.45, 2.75) is 124 Å². The molecule has 0 spiro atoms. The highest BCUT2D eigenvalue weighted by Crippen LogP contribution is 2.53. The van der Waals surface area contributed by atoms with Crippen molar-refractivity contribution in [1.82, 2.24) is 0 Å². The van der Waals surface area contributed by atoms with Crippen molar-refractivity contribution in [3.8, 4) is 11.5 Å². The molecule has 4 nitrogen and oxygen atoms in total. The molecule has 0 aliphatic carbocycles. The van der Waals surface area contributed by atoms with E-state index < -0.39 is 0 Å². The van der Waals surface area contributed by atoms with Gasteiger partial charge in [-0.3, -0.25) is 0 Å². The van der Waals surface area contributed by atoms with Gasteiger partial charge >= 0.3 is 0 Å². The molecule has 7 aromatic rings. The molecular formula is C57H61BN2O2. The Bertz CT molecular complexity index is 2960. The normalized spacial score (nSPS) is 15.4. The van der Waals surface area contributed by atoms with Gasteiger partial charge in [-0.05, 0) is 122 Å². The second kappa shape index (κ2) is 13.2. The number of para-hydroxylation sites is 1. The zero-order chi connectivity index (χ0) is 44.1. The average molecular weight is 817 g/mol. The van der Waals surface area contributed by atoms with Crippen LogP contribution in [0, 0.1) is 0 Å². The maximum Gasteiger partial charge on any atom is 0.297 e. The summed E-state index contributed by atoms with van der Waals surface area (Å²) in [5, 5.41) is 1.13. The maximum atomic E-state index is 7.35. The molecule has 62 heavy (non-hydrogen) atoms. The van der Waals surface area contributed by atoms with Gasteiger partial charge in [0.05, 0.1) is 11.3 Å². The van der Waals surface area contributed by atoms with Crippen molar-refractivity contribution in [2.75, 3.05) is 9.80 Å². The van der Waals surface area contributed by atoms with Gasteiger partial charge in [0, 0.05) is 50.4 Å². The summed E-state index contributed by atoms with van der Waals surface area (Å²) >= 11 is 0. The number of furan rings is 1. The van der Waals surface area contributed by atoms with Crippen molar-refractivity contribution >= 4 is 68.4 Å². The van der Waals surface area contributed by atoms with Crippen molar-refractivity contribution in [3.05, 3.63) is 149 Å². The molecule has 0 bridgehead atoms. The number of ether oxygens (including phenoxy) is 1. The fourth-order valence-corrected chi connectivity index (χ4v) is 10.1. The van der Waals surface area contributed by atoms with Gasteiger partial charge in [0.25, 0.3) is 6.71 Å². The molecule has 3 aliphatic heterocycles. The Labute approximate surface area is 370 Å². The quantitative estimate of drug-likeness (QED) is 0.163. The van der Waals surface area contributed by atoms with Crippen LogP contribution in [0.3, 0.4) is 0 Å². The van der Waals surface area contributed by atoms with Gasteiger partial charge in [0.15, 0.2) is 0 Å². The molecular weight excluding hydrogens is 755 g/mol. The van der Waals surface area contributed by atoms with Crippen LogP contribution < -0.4 is 31.1 Å². The summed E-state index contributed by atoms with van der Waals surface area (Å²) in [5.74, 6) is 1.82. The highest BCUT2D eigenvalue weighted by molar-refractivity contribution is 7.00. The Hall–Kier alpha value is -5.68. The van der Waals surface area contributed by atoms with Crippen molar-refractivity contribution < 1.29 is 9.15 Å². The molecule has 0 saturated heterocycles. The lowest BCUT2D eigenvalue weighted by Crippen LogP contribution is -2.61. The van der Waals surface area contributed by atoms with Gasteiger partial charge in [-0.25, -0.2) is 0 Å². The van der Waals surface area contributed by atoms with Crippen LogP contribution in [0.15, 0.2) is 120 Å². The Balaban J connectivity index is 1.33. The highest BCUT2D eigenvalue weighted by atomic mass is 16.5. The summed E-state index contributed by atoms with van der Waals surface area (Å²) in [5.41, 5.74) is 18.4. The third-order valence-corrected chi connectivity index (χ3v) is 13.9. The van der Waals surface area contributed by atoms with Crippen LogP contribution in [0.4, 0.5) is 34.1 Å². The molecule has 0 saturated carbocycles. The summed E-state index contributed by atoms with van der Waals surface area (Å²) in [6.07, 6.45) is 0. The lowest BCUT2D eigenvalue weighted by atomic mass is 9.35. The van der Waals surface area contributed by atoms with Crippen molar-refractivity contribution in [3.63, 3.8) is 0 Å². The van der Waals surface area contributed by atoms with Crippen LogP contribution in [0.2, 0.25) is 0 Å². The largest absolute Gasteiger partial charge is 0.468 e. The van der Waals surface area contributed by atoms with Gasteiger partial charge in [0.2, 0.25) is 0 Å². The van der Waals surface area contributed by atoms with Gasteiger partial charge in [-0.15, -0.1) is 0 Å². The minimum atomic E-state index is -0.287. The van der Waals surface area contributed by atoms with Gasteiger partial charge in [-0.1, -0.05) is 145 Å². The molecule has 0 fully saturated rings. The van der Waals surface area contributed by atoms with E-state index in [2.05, 4.69) is 222 Å². The summed E-state index contributed by atoms with van der Waals surface area (Å²) in [4.78, 5) is 5.07. The molecule has 314 valence electrons. The number of fused-ring (bicyclic) bond motifs is 8. The van der Waals surface area contributed by atoms with Crippen LogP contribution in [0.5, 0.6) is 11.5 Å². The number of rotatable bonds is 2. The van der Waals surface area contributed by atoms with Gasteiger partial charge in [0.1, 0.15) is 17.1 Å². The maximum absolute atomic E-state index is 7.35. The second-order valence-electron chi connectivity index (χ2n) is 22.8. The third kappa shape index (κ3) is 6.16. The SMILES string of the molecule is CC(C)(C)c1ccc(N2c3ccc(C(C)(C)C)cc3B3c4oc5ccc(C(C)(C)C)cc5c4N(c4ccc5c(c4)C(C)(C)c4ccccc4O5)c4cc(C(C)(C)C)cc2c43)cc1. The predicted octanol–water partition coefficient (Wildman–Crippen LogP) is 14.1. The fraction of sp³-hybridized carbons (Fsp3) is 0.333. The molecule has 6 aromatic carbocycles. The molecule has 0 unspecified atom stereocenters. The molecule has 3 aliphatic rings. The Morgan fingerprint density at radius 1 is 0.484 bits per heavy atom. The van der Waals surface area contributed by atoms with E-state index >= 15 is 0 Å². The number of hydrogen-bond acceptors (Lipinski definition) is 4. The first-order valence-corrected chi connectivity index (χ1v) is 22.5. The first kappa shape index (κ1) is 40.4. The monoisotopic (exact) mass is 816 g/mol. The molecule has 10 rings (SSSR count). The standard InChI is InChI=1S/C57H61BN2O2/c1-53(2,3)34-19-23-38(24-20-34)59-44-26-21-36(55(7,8)9)30-43(44)58-50-45(59)31-37(56(10,11)12)32-46(50)60(51-40-29-35(54(4,5)6)22-27-47(40)62-52(51)58)39-25-28-49-42(33-39)57(13,14)41-17-15-16-18-48(41)61-49/h15-33H,1-14H3. The summed E-state index contributed by atoms with van der Waals surface area (Å²) < 4.78 is 14.0. The molecule has 0 amide bonds. The number of benzene rings is 6. The molecule has 0 N–H and O–H groups in total. The molecule has 5 heteroatoms. The van der Waals surface area contributed by atoms with E-state index in [9.17, 15) is 0 Å². The van der Waals surface area contributed by atoms with Crippen molar-refractivity contribution in [1.29, 1.82) is 0 Å². The zero-order valence-electron chi connectivity index (χ0n) is 39.3. The van der Waals surface area contributed by atoms with E-state index in [1.807, 2.05) is 0 Å². The molecule has 0 atom stereocenters. The number of anilines is 6. The minimum absolute atomic E-state index is 0.0396. The second-order valence-corrected chi connectivity index (χ2v) is 22.8. The smallest absolute Gasteiger partial charge is 0.297 e. The van der Waals surface area contributed by atoms with E-state index in [4.69, 9.17) is 9.15 Å². The Morgan fingerprint density at radius 2 is 1.05 bits per heavy atom. The fourth-order valence-electron chi connectivity index (χ4n) is 10.1. The van der Waals surface area contributed by atoms with E-state index in [1.54, 1.807) is 0 Å². The summed E-state index contributed by atoms with van der Waals surface area (Å²) in [7, 11) is 0. The first-order valence-electron chi connectivity index (χ1n) is 22.5. The lowest BCUT2D eigenvalue weighted by Gasteiger charge is -2.44. The summed E-state index contributed by atoms with van der Waals surface area (Å²) in [6, 6.07) is 43.6. The topological polar surface area (TPSA) is 28.9 Å². The van der Waals surface area contributed by atoms with E-state index in [0.717, 1.165) is 45.2 Å². The van der Waals surface area contributed by atoms with E-state index in [-0.39, 0.29) is 33.8 Å². The zero-order valence-corrected chi connectivity index (χ0v) is 39.3. The molecule has 4 heterocycles. The average Bonchev–Trinajstić information content (AvgIpc) is 3.58. The van der Waals surface area contributed by atoms with Gasteiger partial charge in [-0.2, -0.15) is 0 Å². The Kier molecular flexibility index (Phi) is 8.58. The molecule has 1 aromatic heterocycles. The van der Waals surface area contributed by atoms with Crippen LogP contribution in [-0.4, -0.2) is 6.71 Å². The lowest BCUT2D eigenvalue weighted by molar-refractivity contribution is 0.418. The van der Waals surface area contributed by atoms with E-state index in [1.165, 1.54) is 61.4 Å². The van der Waals surface area contributed by atoms with Crippen LogP contribution >= 0.6 is 0 Å². The highest BCUT2D eigenvalue weighted by Gasteiger charge is 2.48. The Morgan fingerprint density at radius 3 is 1.71 bits per heavy atom. The summed E-state index contributed by atoms with van der Waals surface area (Å²) in [6.45, 7) is 32.2. The molecule has 0 radical (unpaired) electrons. The predicted molar refractivity (Wildman–Crippen MR) is 264 cm³/mol. The number of hydrogen-bond donors (Lipinski definition) is 0. The van der Waals surface area contributed by atoms with Crippen LogP contribution in [0.25, 0.3) is 11.0 Å².